The molecular weight excluding hydrogens is 555 g/mol. The fourth-order valence-corrected chi connectivity index (χ4v) is 4.67. The van der Waals surface area contributed by atoms with Crippen molar-refractivity contribution in [2.45, 2.75) is 25.8 Å². The van der Waals surface area contributed by atoms with Crippen molar-refractivity contribution in [3.05, 3.63) is 111 Å². The molecule has 1 unspecified atom stereocenters. The van der Waals surface area contributed by atoms with E-state index in [0.29, 0.717) is 17.3 Å². The number of aliphatic carboxylic acids is 1. The highest BCUT2D eigenvalue weighted by Gasteiger charge is 2.47. The molecule has 8 nitrogen and oxygen atoms in total. The highest BCUT2D eigenvalue weighted by molar-refractivity contribution is 6.52. The number of nitrogens with zero attached hydrogens (tertiary/aromatic N) is 1. The summed E-state index contributed by atoms with van der Waals surface area (Å²) in [7, 11) is 0. The van der Waals surface area contributed by atoms with E-state index in [2.05, 4.69) is 5.32 Å². The number of nitrogens with one attached hydrogen (secondary N) is 1. The number of benzene rings is 3. The number of carbonyl (C=O) groups is 4. The lowest BCUT2D eigenvalue weighted by atomic mass is 9.94. The molecule has 4 rings (SSSR count). The van der Waals surface area contributed by atoms with Crippen molar-refractivity contribution in [1.82, 2.24) is 0 Å². The summed E-state index contributed by atoms with van der Waals surface area (Å²) < 4.78 is 0. The zero-order valence-electron chi connectivity index (χ0n) is 21.4. The number of anilines is 2. The summed E-state index contributed by atoms with van der Waals surface area (Å²) in [6, 6.07) is 16.9. The van der Waals surface area contributed by atoms with Gasteiger partial charge in [-0.2, -0.15) is 0 Å². The Hall–Kier alpha value is -4.40. The van der Waals surface area contributed by atoms with E-state index >= 15 is 0 Å². The fraction of sp³-hybridized carbons (Fsp3) is 0.133. The Morgan fingerprint density at radius 1 is 0.925 bits per heavy atom. The molecule has 3 aromatic rings. The van der Waals surface area contributed by atoms with E-state index in [0.717, 1.165) is 11.6 Å². The third-order valence-corrected chi connectivity index (χ3v) is 7.04. The molecular formula is C30H24Cl2N2O6. The van der Waals surface area contributed by atoms with Crippen LogP contribution in [0.4, 0.5) is 11.4 Å². The second kappa shape index (κ2) is 11.8. The van der Waals surface area contributed by atoms with Gasteiger partial charge < -0.3 is 15.5 Å². The number of amides is 2. The number of hydrogen-bond donors (Lipinski definition) is 3. The van der Waals surface area contributed by atoms with Crippen LogP contribution in [0.5, 0.6) is 0 Å². The Kier molecular flexibility index (Phi) is 8.42. The van der Waals surface area contributed by atoms with Crippen LogP contribution >= 0.6 is 23.2 Å². The Balaban J connectivity index is 1.86. The second-order valence-corrected chi connectivity index (χ2v) is 10.1. The zero-order valence-corrected chi connectivity index (χ0v) is 22.9. The molecule has 40 heavy (non-hydrogen) atoms. The van der Waals surface area contributed by atoms with Crippen LogP contribution in [0.15, 0.2) is 84.5 Å². The number of rotatable bonds is 7. The summed E-state index contributed by atoms with van der Waals surface area (Å²) in [6.45, 7) is 4.01. The maximum absolute atomic E-state index is 13.5. The first-order valence-electron chi connectivity index (χ1n) is 12.2. The monoisotopic (exact) mass is 578 g/mol. The molecule has 10 heteroatoms. The predicted octanol–water partition coefficient (Wildman–Crippen LogP) is 6.32. The van der Waals surface area contributed by atoms with Gasteiger partial charge in [0.2, 0.25) is 5.91 Å². The van der Waals surface area contributed by atoms with Crippen molar-refractivity contribution in [3.8, 4) is 0 Å². The quantitative estimate of drug-likeness (QED) is 0.171. The van der Waals surface area contributed by atoms with E-state index < -0.39 is 35.4 Å². The lowest BCUT2D eigenvalue weighted by molar-refractivity contribution is -0.132. The average molecular weight is 579 g/mol. The van der Waals surface area contributed by atoms with Gasteiger partial charge in [-0.15, -0.1) is 0 Å². The van der Waals surface area contributed by atoms with Gasteiger partial charge in [0, 0.05) is 29.1 Å². The number of carboxylic acid groups (broad SMARTS) is 1. The molecule has 3 aromatic carbocycles. The van der Waals surface area contributed by atoms with Crippen LogP contribution in [0.1, 0.15) is 42.5 Å². The third-order valence-electron chi connectivity index (χ3n) is 6.30. The Morgan fingerprint density at radius 3 is 2.33 bits per heavy atom. The van der Waals surface area contributed by atoms with Crippen LogP contribution in [-0.2, 0) is 19.2 Å². The number of aliphatic hydroxyl groups excluding tert-OH is 1. The highest BCUT2D eigenvalue weighted by Crippen LogP contribution is 2.44. The fourth-order valence-electron chi connectivity index (χ4n) is 4.36. The van der Waals surface area contributed by atoms with Gasteiger partial charge in [0.25, 0.3) is 11.7 Å². The largest absolute Gasteiger partial charge is 0.507 e. The minimum atomic E-state index is -1.28. The minimum absolute atomic E-state index is 0.152. The number of halogens is 2. The van der Waals surface area contributed by atoms with Gasteiger partial charge in [0.15, 0.2) is 0 Å². The van der Waals surface area contributed by atoms with E-state index in [1.165, 1.54) is 29.2 Å². The summed E-state index contributed by atoms with van der Waals surface area (Å²) >= 11 is 12.4. The van der Waals surface area contributed by atoms with Crippen LogP contribution in [0.3, 0.4) is 0 Å². The maximum Gasteiger partial charge on any atom is 0.328 e. The van der Waals surface area contributed by atoms with E-state index in [1.54, 1.807) is 30.3 Å². The molecule has 1 aliphatic rings. The van der Waals surface area contributed by atoms with Crippen LogP contribution in [-0.4, -0.2) is 33.8 Å². The Morgan fingerprint density at radius 2 is 1.65 bits per heavy atom. The lowest BCUT2D eigenvalue weighted by Crippen LogP contribution is -2.29. The van der Waals surface area contributed by atoms with E-state index in [4.69, 9.17) is 28.3 Å². The van der Waals surface area contributed by atoms with Gasteiger partial charge >= 0.3 is 5.97 Å². The van der Waals surface area contributed by atoms with Gasteiger partial charge in [0.05, 0.1) is 21.7 Å². The van der Waals surface area contributed by atoms with Gasteiger partial charge in [-0.05, 0) is 53.4 Å². The molecule has 204 valence electrons. The first-order chi connectivity index (χ1) is 19.0. The van der Waals surface area contributed by atoms with Crippen LogP contribution in [0.2, 0.25) is 10.0 Å². The first-order valence-corrected chi connectivity index (χ1v) is 12.9. The molecule has 2 amide bonds. The topological polar surface area (TPSA) is 124 Å². The second-order valence-electron chi connectivity index (χ2n) is 9.33. The summed E-state index contributed by atoms with van der Waals surface area (Å²) in [5.74, 6) is -4.03. The van der Waals surface area contributed by atoms with Gasteiger partial charge in [-0.1, -0.05) is 67.4 Å². The Labute approximate surface area is 240 Å². The number of Topliss-reactive ketones (excluding diaryl/α,β-unsaturated/α-hetero) is 1. The third kappa shape index (κ3) is 5.93. The van der Waals surface area contributed by atoms with Crippen molar-refractivity contribution in [1.29, 1.82) is 0 Å². The molecule has 0 saturated carbocycles. The minimum Gasteiger partial charge on any atom is -0.507 e. The normalized spacial score (nSPS) is 16.6. The molecule has 0 aliphatic carbocycles. The molecule has 1 heterocycles. The number of carbonyl (C=O) groups excluding carboxylic acids is 3. The zero-order chi connectivity index (χ0) is 29.1. The van der Waals surface area contributed by atoms with Crippen molar-refractivity contribution >= 4 is 63.9 Å². The molecule has 1 atom stereocenters. The van der Waals surface area contributed by atoms with Crippen LogP contribution < -0.4 is 10.2 Å². The van der Waals surface area contributed by atoms with Crippen LogP contribution in [0.25, 0.3) is 5.76 Å². The van der Waals surface area contributed by atoms with E-state index in [-0.39, 0.29) is 32.8 Å². The number of hydrogen-bond acceptors (Lipinski definition) is 5. The van der Waals surface area contributed by atoms with Crippen molar-refractivity contribution < 1.29 is 29.4 Å². The van der Waals surface area contributed by atoms with Gasteiger partial charge in [-0.25, -0.2) is 4.79 Å². The first kappa shape index (κ1) is 28.6. The molecule has 0 aromatic heterocycles. The standard InChI is InChI=1S/C30H24Cl2N2O6/c1-16(2)17-5-4-8-21(14-17)34-27(18-9-10-22(31)23(32)15-18)26(29(39)30(34)40)28(38)19-6-3-7-20(13-19)33-24(35)11-12-25(36)37/h3-16,27,38H,1-2H3,(H,33,35)(H,36,37)/b12-11+,28-26?. The van der Waals surface area contributed by atoms with Crippen molar-refractivity contribution in [3.63, 3.8) is 0 Å². The highest BCUT2D eigenvalue weighted by atomic mass is 35.5. The lowest BCUT2D eigenvalue weighted by Gasteiger charge is -2.26. The molecule has 0 radical (unpaired) electrons. The number of aliphatic hydroxyl groups is 1. The Bertz CT molecular complexity index is 1590. The summed E-state index contributed by atoms with van der Waals surface area (Å²) in [4.78, 5) is 51.0. The van der Waals surface area contributed by atoms with E-state index in [9.17, 15) is 24.3 Å². The summed E-state index contributed by atoms with van der Waals surface area (Å²) in [6.07, 6.45) is 1.53. The molecule has 1 saturated heterocycles. The SMILES string of the molecule is CC(C)c1cccc(N2C(=O)C(=O)C(=C(O)c3cccc(NC(=O)/C=C/C(=O)O)c3)C2c2ccc(Cl)c(Cl)c2)c1. The molecule has 0 spiro atoms. The molecule has 1 fully saturated rings. The van der Waals surface area contributed by atoms with Gasteiger partial charge in [-0.3, -0.25) is 19.3 Å². The molecule has 3 N–H and O–H groups in total. The van der Waals surface area contributed by atoms with Crippen molar-refractivity contribution in [2.24, 2.45) is 0 Å². The van der Waals surface area contributed by atoms with Gasteiger partial charge in [0.1, 0.15) is 5.76 Å². The predicted molar refractivity (Wildman–Crippen MR) is 154 cm³/mol. The maximum atomic E-state index is 13.5. The summed E-state index contributed by atoms with van der Waals surface area (Å²) in [5.41, 5.74) is 2.08. The number of carboxylic acids is 1. The molecule has 0 bridgehead atoms. The van der Waals surface area contributed by atoms with Crippen molar-refractivity contribution in [2.75, 3.05) is 10.2 Å². The molecule has 1 aliphatic heterocycles. The van der Waals surface area contributed by atoms with Crippen LogP contribution in [0, 0.1) is 0 Å². The average Bonchev–Trinajstić information content (AvgIpc) is 3.19. The summed E-state index contributed by atoms with van der Waals surface area (Å²) in [5, 5.41) is 23.1. The number of ketones is 1. The smallest absolute Gasteiger partial charge is 0.328 e. The van der Waals surface area contributed by atoms with E-state index in [1.807, 2.05) is 26.0 Å².